The summed E-state index contributed by atoms with van der Waals surface area (Å²) in [4.78, 5) is 0. The first-order valence-electron chi connectivity index (χ1n) is 13.9. The quantitative estimate of drug-likeness (QED) is 0.324. The summed E-state index contributed by atoms with van der Waals surface area (Å²) in [5.41, 5.74) is 7.24. The lowest BCUT2D eigenvalue weighted by molar-refractivity contribution is 0.192. The van der Waals surface area contributed by atoms with E-state index in [4.69, 9.17) is 0 Å². The highest BCUT2D eigenvalue weighted by molar-refractivity contribution is 5.76. The van der Waals surface area contributed by atoms with E-state index in [1.807, 2.05) is 24.3 Å². The molecule has 3 aromatic carbocycles. The maximum atomic E-state index is 11.6. The van der Waals surface area contributed by atoms with Crippen LogP contribution in [0.25, 0.3) is 22.8 Å². The minimum absolute atomic E-state index is 0.0492. The molecule has 0 aliphatic heterocycles. The van der Waals surface area contributed by atoms with Crippen molar-refractivity contribution in [3.8, 4) is 16.9 Å². The van der Waals surface area contributed by atoms with Crippen LogP contribution in [0.1, 0.15) is 36.3 Å². The Balaban J connectivity index is 1.49. The van der Waals surface area contributed by atoms with Crippen LogP contribution in [0.5, 0.6) is 5.75 Å². The van der Waals surface area contributed by atoms with Gasteiger partial charge in [-0.3, -0.25) is 0 Å². The monoisotopic (exact) mass is 530 g/mol. The third kappa shape index (κ3) is 4.85. The maximum Gasteiger partial charge on any atom is 0.116 e. The van der Waals surface area contributed by atoms with Crippen molar-refractivity contribution < 1.29 is 20.4 Å². The van der Waals surface area contributed by atoms with Crippen LogP contribution in [-0.4, -0.2) is 32.6 Å². The van der Waals surface area contributed by atoms with Crippen molar-refractivity contribution >= 4 is 11.6 Å². The van der Waals surface area contributed by atoms with Gasteiger partial charge in [-0.05, 0) is 105 Å². The summed E-state index contributed by atoms with van der Waals surface area (Å²) in [5.74, 6) is -0.00215. The first-order chi connectivity index (χ1) is 19.4. The first-order valence-corrected chi connectivity index (χ1v) is 13.9. The second kappa shape index (κ2) is 10.8. The smallest absolute Gasteiger partial charge is 0.116 e. The number of hydrogen-bond acceptors (Lipinski definition) is 4. The average Bonchev–Trinajstić information content (AvgIpc) is 2.97. The average molecular weight is 531 g/mol. The van der Waals surface area contributed by atoms with E-state index in [0.717, 1.165) is 28.0 Å². The number of aromatic hydroxyl groups is 1. The van der Waals surface area contributed by atoms with Gasteiger partial charge in [-0.2, -0.15) is 0 Å². The molecule has 0 fully saturated rings. The molecule has 2 unspecified atom stereocenters. The van der Waals surface area contributed by atoms with Gasteiger partial charge in [-0.1, -0.05) is 79.4 Å². The summed E-state index contributed by atoms with van der Waals surface area (Å²) in [6.45, 7) is 4.49. The Hall–Kier alpha value is -4.12. The molecule has 0 spiro atoms. The molecule has 40 heavy (non-hydrogen) atoms. The standard InChI is InChI=1S/C36H34O4/c1-22(33(39)17-13-23-7-6-9-26(37)19-23)35(36-29-16-15-27(38)20-25(29)14-18-34(36)40)32-21-24-8-2-3-10-28(24)30-11-4-5-12-31(30)32/h2-6,8-16,19-20,32-35,37-40H,1,7,17-18,21H2/b23-13+/t32?,33-,34-,35?/m0/s1. The van der Waals surface area contributed by atoms with Crippen molar-refractivity contribution in [2.45, 2.75) is 43.8 Å². The van der Waals surface area contributed by atoms with Crippen molar-refractivity contribution in [3.63, 3.8) is 0 Å². The van der Waals surface area contributed by atoms with Crippen LogP contribution in [0.15, 0.2) is 115 Å². The molecule has 0 radical (unpaired) electrons. The summed E-state index contributed by atoms with van der Waals surface area (Å²) in [6, 6.07) is 22.1. The van der Waals surface area contributed by atoms with Crippen molar-refractivity contribution in [1.29, 1.82) is 0 Å². The van der Waals surface area contributed by atoms with Crippen LogP contribution in [0.4, 0.5) is 0 Å². The Labute approximate surface area is 234 Å². The molecule has 4 N–H and O–H groups in total. The molecule has 4 atom stereocenters. The number of phenolic OH excluding ortho intramolecular Hbond substituents is 1. The third-order valence-corrected chi connectivity index (χ3v) is 8.52. The molecular weight excluding hydrogens is 496 g/mol. The van der Waals surface area contributed by atoms with Crippen LogP contribution < -0.4 is 10.4 Å². The van der Waals surface area contributed by atoms with Crippen LogP contribution in [0.3, 0.4) is 0 Å². The predicted molar refractivity (Wildman–Crippen MR) is 160 cm³/mol. The molecule has 0 amide bonds. The number of phenols is 1. The molecule has 4 nitrogen and oxygen atoms in total. The number of rotatable bonds is 6. The number of benzene rings is 3. The fourth-order valence-corrected chi connectivity index (χ4v) is 6.62. The van der Waals surface area contributed by atoms with E-state index in [1.54, 1.807) is 24.3 Å². The van der Waals surface area contributed by atoms with Crippen molar-refractivity contribution in [2.75, 3.05) is 0 Å². The van der Waals surface area contributed by atoms with E-state index in [9.17, 15) is 20.4 Å². The zero-order valence-electron chi connectivity index (χ0n) is 22.4. The summed E-state index contributed by atoms with van der Waals surface area (Å²) in [5, 5.41) is 45.0. The van der Waals surface area contributed by atoms with Gasteiger partial charge in [0.25, 0.3) is 0 Å². The number of hydrogen-bond donors (Lipinski definition) is 4. The fourth-order valence-electron chi connectivity index (χ4n) is 6.62. The van der Waals surface area contributed by atoms with Gasteiger partial charge in [0, 0.05) is 5.92 Å². The van der Waals surface area contributed by atoms with Gasteiger partial charge < -0.3 is 20.4 Å². The molecule has 0 saturated heterocycles. The Morgan fingerprint density at radius 1 is 1.00 bits per heavy atom. The third-order valence-electron chi connectivity index (χ3n) is 8.52. The topological polar surface area (TPSA) is 80.9 Å². The van der Waals surface area contributed by atoms with Gasteiger partial charge in [0.15, 0.2) is 0 Å². The van der Waals surface area contributed by atoms with Gasteiger partial charge in [-0.25, -0.2) is 0 Å². The van der Waals surface area contributed by atoms with Gasteiger partial charge in [0.2, 0.25) is 0 Å². The molecule has 6 rings (SSSR count). The summed E-state index contributed by atoms with van der Waals surface area (Å²) in [7, 11) is 0. The SMILES string of the molecule is C=C(C(C1=c2ccc(O)cc2=CC[C@@H]1O)C1Cc2ccccc2-c2ccccc21)[C@@H](O)C/C=C1/C=C(O)C=CC1. The van der Waals surface area contributed by atoms with E-state index in [1.165, 1.54) is 22.3 Å². The molecule has 3 aliphatic rings. The maximum absolute atomic E-state index is 11.6. The summed E-state index contributed by atoms with van der Waals surface area (Å²) in [6.07, 6.45) is 9.85. The van der Waals surface area contributed by atoms with Gasteiger partial charge in [0.05, 0.1) is 12.2 Å². The van der Waals surface area contributed by atoms with Gasteiger partial charge in [-0.15, -0.1) is 0 Å². The van der Waals surface area contributed by atoms with E-state index in [0.29, 0.717) is 24.8 Å². The molecule has 3 aliphatic carbocycles. The second-order valence-corrected chi connectivity index (χ2v) is 11.0. The lowest BCUT2D eigenvalue weighted by atomic mass is 9.66. The number of fused-ring (bicyclic) bond motifs is 4. The highest BCUT2D eigenvalue weighted by atomic mass is 16.3. The minimum Gasteiger partial charge on any atom is -0.508 e. The fraction of sp³-hybridized carbons (Fsp3) is 0.222. The zero-order valence-corrected chi connectivity index (χ0v) is 22.4. The normalized spacial score (nSPS) is 21.9. The number of allylic oxidation sites excluding steroid dienone is 4. The van der Waals surface area contributed by atoms with Crippen molar-refractivity contribution in [2.24, 2.45) is 5.92 Å². The van der Waals surface area contributed by atoms with Gasteiger partial charge >= 0.3 is 0 Å². The highest BCUT2D eigenvalue weighted by Gasteiger charge is 2.38. The van der Waals surface area contributed by atoms with E-state index in [2.05, 4.69) is 55.1 Å². The van der Waals surface area contributed by atoms with Crippen molar-refractivity contribution in [3.05, 3.63) is 136 Å². The Morgan fingerprint density at radius 3 is 2.60 bits per heavy atom. The van der Waals surface area contributed by atoms with E-state index in [-0.39, 0.29) is 23.3 Å². The van der Waals surface area contributed by atoms with Crippen LogP contribution in [0, 0.1) is 5.92 Å². The number of aliphatic hydroxyl groups excluding tert-OH is 3. The molecule has 3 aromatic rings. The zero-order chi connectivity index (χ0) is 27.8. The predicted octanol–water partition coefficient (Wildman–Crippen LogP) is 5.35. The second-order valence-electron chi connectivity index (χ2n) is 11.0. The van der Waals surface area contributed by atoms with Crippen LogP contribution in [-0.2, 0) is 6.42 Å². The molecule has 4 heteroatoms. The Morgan fingerprint density at radius 2 is 1.77 bits per heavy atom. The van der Waals surface area contributed by atoms with Crippen molar-refractivity contribution in [1.82, 2.24) is 0 Å². The first kappa shape index (κ1) is 26.1. The highest BCUT2D eigenvalue weighted by Crippen LogP contribution is 2.48. The Kier molecular flexibility index (Phi) is 7.05. The molecule has 0 aromatic heterocycles. The minimum atomic E-state index is -0.852. The summed E-state index contributed by atoms with van der Waals surface area (Å²) >= 11 is 0. The van der Waals surface area contributed by atoms with E-state index < -0.39 is 12.2 Å². The lowest BCUT2D eigenvalue weighted by Gasteiger charge is -2.39. The van der Waals surface area contributed by atoms with Gasteiger partial charge in [0.1, 0.15) is 11.5 Å². The van der Waals surface area contributed by atoms with E-state index >= 15 is 0 Å². The molecule has 0 heterocycles. The Bertz CT molecular complexity index is 1690. The summed E-state index contributed by atoms with van der Waals surface area (Å²) < 4.78 is 0. The largest absolute Gasteiger partial charge is 0.508 e. The molecule has 0 bridgehead atoms. The van der Waals surface area contributed by atoms with Crippen LogP contribution >= 0.6 is 0 Å². The molecule has 0 saturated carbocycles. The number of aliphatic hydroxyl groups is 3. The lowest BCUT2D eigenvalue weighted by Crippen LogP contribution is -2.41. The molecule has 202 valence electrons. The van der Waals surface area contributed by atoms with Crippen LogP contribution in [0.2, 0.25) is 0 Å². The molecular formula is C36H34O4.